The smallest absolute Gasteiger partial charge is 0.206 e. The molecule has 0 aromatic heterocycles. The third-order valence-corrected chi connectivity index (χ3v) is 2.50. The average molecular weight is 275 g/mol. The third kappa shape index (κ3) is 2.17. The Bertz CT molecular complexity index is 334. The maximum Gasteiger partial charge on any atom is 0.418 e. The Hall–Kier alpha value is -0.230. The minimum absolute atomic E-state index is 0.305. The number of thiol groups is 1. The summed E-state index contributed by atoms with van der Waals surface area (Å²) in [4.78, 5) is -0.305. The summed E-state index contributed by atoms with van der Waals surface area (Å²) in [6, 6.07) is 1.88. The summed E-state index contributed by atoms with van der Waals surface area (Å²) in [6.45, 7) is 0. The van der Waals surface area contributed by atoms with Crippen molar-refractivity contribution in [3.63, 3.8) is 0 Å². The lowest BCUT2D eigenvalue weighted by Gasteiger charge is -2.11. The molecular formula is C7H3BrF4S. The van der Waals surface area contributed by atoms with Crippen LogP contribution in [0.3, 0.4) is 0 Å². The van der Waals surface area contributed by atoms with Gasteiger partial charge in [0.15, 0.2) is 0 Å². The zero-order chi connectivity index (χ0) is 10.2. The number of alkyl halides is 3. The zero-order valence-electron chi connectivity index (χ0n) is 5.99. The molecule has 0 aliphatic carbocycles. The van der Waals surface area contributed by atoms with Gasteiger partial charge < -0.3 is 0 Å². The lowest BCUT2D eigenvalue weighted by Crippen LogP contribution is -2.08. The van der Waals surface area contributed by atoms with Crippen LogP contribution in [0.2, 0.25) is 0 Å². The second-order valence-electron chi connectivity index (χ2n) is 2.25. The average Bonchev–Trinajstić information content (AvgIpc) is 1.95. The molecule has 0 atom stereocenters. The first-order chi connectivity index (χ1) is 5.84. The van der Waals surface area contributed by atoms with E-state index in [1.807, 2.05) is 0 Å². The molecule has 0 fully saturated rings. The van der Waals surface area contributed by atoms with E-state index in [2.05, 4.69) is 28.6 Å². The number of benzene rings is 1. The van der Waals surface area contributed by atoms with Crippen molar-refractivity contribution in [3.8, 4) is 0 Å². The van der Waals surface area contributed by atoms with Gasteiger partial charge in [0, 0.05) is 4.90 Å². The van der Waals surface area contributed by atoms with E-state index in [9.17, 15) is 17.6 Å². The molecule has 1 aromatic rings. The standard InChI is InChI=1S/C7H3BrF4S/c8-6-3(9)1-2-4(13)5(6)7(10,11)12/h1-2,13H. The summed E-state index contributed by atoms with van der Waals surface area (Å²) in [5.41, 5.74) is -1.09. The van der Waals surface area contributed by atoms with Crippen LogP contribution in [0.4, 0.5) is 17.6 Å². The molecule has 1 rings (SSSR count). The van der Waals surface area contributed by atoms with Gasteiger partial charge in [-0.15, -0.1) is 12.6 Å². The minimum Gasteiger partial charge on any atom is -0.206 e. The molecule has 0 N–H and O–H groups in total. The molecule has 72 valence electrons. The molecule has 6 heteroatoms. The Morgan fingerprint density at radius 1 is 1.23 bits per heavy atom. The molecule has 0 saturated carbocycles. The number of halogens is 5. The van der Waals surface area contributed by atoms with Gasteiger partial charge in [0.1, 0.15) is 5.82 Å². The van der Waals surface area contributed by atoms with Gasteiger partial charge in [-0.3, -0.25) is 0 Å². The van der Waals surface area contributed by atoms with Gasteiger partial charge in [0.05, 0.1) is 10.0 Å². The fourth-order valence-electron chi connectivity index (χ4n) is 0.810. The predicted octanol–water partition coefficient (Wildman–Crippen LogP) is 3.90. The van der Waals surface area contributed by atoms with Crippen molar-refractivity contribution in [2.24, 2.45) is 0 Å². The van der Waals surface area contributed by atoms with Crippen molar-refractivity contribution >= 4 is 28.6 Å². The summed E-state index contributed by atoms with van der Waals surface area (Å²) in [7, 11) is 0. The summed E-state index contributed by atoms with van der Waals surface area (Å²) < 4.78 is 48.8. The predicted molar refractivity (Wildman–Crippen MR) is 46.4 cm³/mol. The van der Waals surface area contributed by atoms with Gasteiger partial charge in [-0.05, 0) is 28.1 Å². The van der Waals surface area contributed by atoms with Crippen LogP contribution >= 0.6 is 28.6 Å². The van der Waals surface area contributed by atoms with Gasteiger partial charge in [-0.2, -0.15) is 13.2 Å². The van der Waals surface area contributed by atoms with Crippen molar-refractivity contribution < 1.29 is 17.6 Å². The van der Waals surface area contributed by atoms with Crippen LogP contribution in [0.25, 0.3) is 0 Å². The van der Waals surface area contributed by atoms with E-state index in [0.717, 1.165) is 12.1 Å². The molecule has 0 nitrogen and oxygen atoms in total. The Morgan fingerprint density at radius 2 is 1.77 bits per heavy atom. The maximum absolute atomic E-state index is 12.7. The molecule has 0 unspecified atom stereocenters. The van der Waals surface area contributed by atoms with Gasteiger partial charge in [0.25, 0.3) is 0 Å². The molecule has 0 aliphatic rings. The normalized spacial score (nSPS) is 11.8. The molecule has 0 spiro atoms. The van der Waals surface area contributed by atoms with Crippen molar-refractivity contribution in [3.05, 3.63) is 28.0 Å². The van der Waals surface area contributed by atoms with Gasteiger partial charge in [0.2, 0.25) is 0 Å². The highest BCUT2D eigenvalue weighted by Crippen LogP contribution is 2.39. The summed E-state index contributed by atoms with van der Waals surface area (Å²) in [6.07, 6.45) is -4.60. The van der Waals surface area contributed by atoms with E-state index >= 15 is 0 Å². The molecule has 0 radical (unpaired) electrons. The fourth-order valence-corrected chi connectivity index (χ4v) is 1.85. The molecular weight excluding hydrogens is 272 g/mol. The second-order valence-corrected chi connectivity index (χ2v) is 3.53. The zero-order valence-corrected chi connectivity index (χ0v) is 8.47. The van der Waals surface area contributed by atoms with Crippen molar-refractivity contribution in [1.82, 2.24) is 0 Å². The van der Waals surface area contributed by atoms with Crippen LogP contribution in [0.5, 0.6) is 0 Å². The topological polar surface area (TPSA) is 0 Å². The lowest BCUT2D eigenvalue weighted by molar-refractivity contribution is -0.140. The van der Waals surface area contributed by atoms with Crippen molar-refractivity contribution in [2.75, 3.05) is 0 Å². The largest absolute Gasteiger partial charge is 0.418 e. The molecule has 0 bridgehead atoms. The summed E-state index contributed by atoms with van der Waals surface area (Å²) in [5.74, 6) is -0.954. The maximum atomic E-state index is 12.7. The summed E-state index contributed by atoms with van der Waals surface area (Å²) in [5, 5.41) is 0. The van der Waals surface area contributed by atoms with E-state index in [1.54, 1.807) is 0 Å². The monoisotopic (exact) mass is 274 g/mol. The summed E-state index contributed by atoms with van der Waals surface area (Å²) >= 11 is 6.11. The first-order valence-corrected chi connectivity index (χ1v) is 4.32. The Labute approximate surface area is 85.5 Å². The van der Waals surface area contributed by atoms with E-state index in [1.165, 1.54) is 0 Å². The van der Waals surface area contributed by atoms with Crippen LogP contribution in [-0.4, -0.2) is 0 Å². The van der Waals surface area contributed by atoms with Crippen LogP contribution in [-0.2, 0) is 6.18 Å². The van der Waals surface area contributed by atoms with Gasteiger partial charge in [-0.25, -0.2) is 4.39 Å². The van der Waals surface area contributed by atoms with E-state index in [0.29, 0.717) is 0 Å². The van der Waals surface area contributed by atoms with Crippen LogP contribution in [0.15, 0.2) is 21.5 Å². The van der Waals surface area contributed by atoms with Crippen molar-refractivity contribution in [2.45, 2.75) is 11.1 Å². The van der Waals surface area contributed by atoms with Gasteiger partial charge in [-0.1, -0.05) is 0 Å². The lowest BCUT2D eigenvalue weighted by atomic mass is 10.2. The highest BCUT2D eigenvalue weighted by molar-refractivity contribution is 9.10. The first-order valence-electron chi connectivity index (χ1n) is 3.08. The third-order valence-electron chi connectivity index (χ3n) is 1.36. The Morgan fingerprint density at radius 3 is 2.15 bits per heavy atom. The van der Waals surface area contributed by atoms with Crippen LogP contribution < -0.4 is 0 Å². The molecule has 0 amide bonds. The van der Waals surface area contributed by atoms with Crippen LogP contribution in [0.1, 0.15) is 5.56 Å². The Balaban J connectivity index is 3.43. The highest BCUT2D eigenvalue weighted by Gasteiger charge is 2.36. The van der Waals surface area contributed by atoms with Gasteiger partial charge >= 0.3 is 6.18 Å². The number of hydrogen-bond donors (Lipinski definition) is 1. The molecule has 0 heterocycles. The Kier molecular flexibility index (Phi) is 2.91. The molecule has 1 aromatic carbocycles. The van der Waals surface area contributed by atoms with Crippen molar-refractivity contribution in [1.29, 1.82) is 0 Å². The van der Waals surface area contributed by atoms with E-state index in [-0.39, 0.29) is 4.90 Å². The second kappa shape index (κ2) is 3.49. The quantitative estimate of drug-likeness (QED) is 0.539. The molecule has 0 saturated heterocycles. The first kappa shape index (κ1) is 10.8. The SMILES string of the molecule is Fc1ccc(S)c(C(F)(F)F)c1Br. The van der Waals surface area contributed by atoms with E-state index in [4.69, 9.17) is 0 Å². The fraction of sp³-hybridized carbons (Fsp3) is 0.143. The van der Waals surface area contributed by atoms with E-state index < -0.39 is 22.0 Å². The van der Waals surface area contributed by atoms with Crippen LogP contribution in [0, 0.1) is 5.82 Å². The molecule has 0 aliphatic heterocycles. The minimum atomic E-state index is -4.60. The highest BCUT2D eigenvalue weighted by atomic mass is 79.9. The number of hydrogen-bond acceptors (Lipinski definition) is 1. The number of rotatable bonds is 0. The molecule has 13 heavy (non-hydrogen) atoms.